The molecule has 0 aliphatic rings. The molecule has 0 saturated carbocycles. The lowest BCUT2D eigenvalue weighted by molar-refractivity contribution is -0.384. The highest BCUT2D eigenvalue weighted by Crippen LogP contribution is 2.30. The third kappa shape index (κ3) is 4.71. The quantitative estimate of drug-likeness (QED) is 0.459. The van der Waals surface area contributed by atoms with Gasteiger partial charge in [-0.1, -0.05) is 72.3 Å². The summed E-state index contributed by atoms with van der Waals surface area (Å²) in [5.74, 6) is -0.326. The van der Waals surface area contributed by atoms with E-state index in [2.05, 4.69) is 5.32 Å². The Labute approximate surface area is 161 Å². The second-order valence-corrected chi connectivity index (χ2v) is 6.45. The Morgan fingerprint density at radius 1 is 0.963 bits per heavy atom. The van der Waals surface area contributed by atoms with E-state index in [4.69, 9.17) is 11.6 Å². The predicted octanol–water partition coefficient (Wildman–Crippen LogP) is 5.41. The number of benzene rings is 3. The van der Waals surface area contributed by atoms with Crippen LogP contribution in [0.4, 0.5) is 11.4 Å². The monoisotopic (exact) mass is 380 g/mol. The molecule has 3 aromatic rings. The number of nitro benzene ring substituents is 1. The van der Waals surface area contributed by atoms with Crippen molar-refractivity contribution in [3.63, 3.8) is 0 Å². The van der Waals surface area contributed by atoms with E-state index in [9.17, 15) is 14.9 Å². The lowest BCUT2D eigenvalue weighted by Gasteiger charge is -2.18. The van der Waals surface area contributed by atoms with Gasteiger partial charge in [0, 0.05) is 24.5 Å². The molecule has 0 atom stereocenters. The van der Waals surface area contributed by atoms with E-state index in [1.165, 1.54) is 18.2 Å². The molecule has 0 fully saturated rings. The Morgan fingerprint density at radius 2 is 1.52 bits per heavy atom. The summed E-state index contributed by atoms with van der Waals surface area (Å²) < 4.78 is 0. The minimum atomic E-state index is -0.529. The van der Waals surface area contributed by atoms with Crippen LogP contribution in [0.3, 0.4) is 0 Å². The smallest absolute Gasteiger partial charge is 0.271 e. The molecule has 0 aliphatic carbocycles. The van der Waals surface area contributed by atoms with Crippen molar-refractivity contribution in [2.24, 2.45) is 0 Å². The summed E-state index contributed by atoms with van der Waals surface area (Å²) in [4.78, 5) is 22.9. The van der Waals surface area contributed by atoms with Gasteiger partial charge in [-0.15, -0.1) is 0 Å². The Balaban J connectivity index is 1.80. The number of rotatable bonds is 6. The van der Waals surface area contributed by atoms with Gasteiger partial charge < -0.3 is 5.32 Å². The highest BCUT2D eigenvalue weighted by Gasteiger charge is 2.19. The number of nitrogens with one attached hydrogen (secondary N) is 1. The van der Waals surface area contributed by atoms with Crippen molar-refractivity contribution in [1.29, 1.82) is 0 Å². The number of nitro groups is 1. The highest BCUT2D eigenvalue weighted by atomic mass is 35.5. The van der Waals surface area contributed by atoms with Crippen molar-refractivity contribution >= 4 is 28.9 Å². The lowest BCUT2D eigenvalue weighted by atomic mass is 9.88. The van der Waals surface area contributed by atoms with Gasteiger partial charge in [0.15, 0.2) is 0 Å². The zero-order valence-corrected chi connectivity index (χ0v) is 15.1. The molecule has 27 heavy (non-hydrogen) atoms. The van der Waals surface area contributed by atoms with Crippen LogP contribution >= 0.6 is 11.6 Å². The number of hydrogen-bond acceptors (Lipinski definition) is 3. The number of anilines is 1. The molecular weight excluding hydrogens is 364 g/mol. The van der Waals surface area contributed by atoms with Crippen molar-refractivity contribution in [1.82, 2.24) is 0 Å². The molecule has 0 saturated heterocycles. The average molecular weight is 381 g/mol. The molecule has 0 heterocycles. The van der Waals surface area contributed by atoms with E-state index < -0.39 is 4.92 Å². The number of nitrogens with zero attached hydrogens (tertiary/aromatic N) is 1. The molecular formula is C21H17ClN2O3. The first-order valence-electron chi connectivity index (χ1n) is 8.38. The minimum absolute atomic E-state index is 0.107. The van der Waals surface area contributed by atoms with Gasteiger partial charge >= 0.3 is 0 Å². The normalized spacial score (nSPS) is 10.6. The number of carbonyl (C=O) groups is 1. The van der Waals surface area contributed by atoms with Gasteiger partial charge in [-0.25, -0.2) is 0 Å². The van der Waals surface area contributed by atoms with Crippen LogP contribution < -0.4 is 5.32 Å². The zero-order valence-electron chi connectivity index (χ0n) is 14.3. The van der Waals surface area contributed by atoms with Crippen LogP contribution in [0.15, 0.2) is 78.9 Å². The molecule has 3 rings (SSSR count). The SMILES string of the molecule is O=C(CC(c1ccccc1)c1ccccc1)Nc1ccc([N+](=O)[O-])cc1Cl. The summed E-state index contributed by atoms with van der Waals surface area (Å²) in [5, 5.41) is 13.7. The van der Waals surface area contributed by atoms with Crippen molar-refractivity contribution in [3.8, 4) is 0 Å². The van der Waals surface area contributed by atoms with E-state index >= 15 is 0 Å². The maximum absolute atomic E-state index is 12.6. The van der Waals surface area contributed by atoms with E-state index in [0.29, 0.717) is 5.69 Å². The van der Waals surface area contributed by atoms with Gasteiger partial charge in [-0.05, 0) is 17.2 Å². The summed E-state index contributed by atoms with van der Waals surface area (Å²) >= 11 is 6.07. The fourth-order valence-corrected chi connectivity index (χ4v) is 3.13. The molecule has 0 spiro atoms. The van der Waals surface area contributed by atoms with Crippen LogP contribution in [-0.2, 0) is 4.79 Å². The molecule has 0 radical (unpaired) electrons. The molecule has 0 aliphatic heterocycles. The van der Waals surface area contributed by atoms with E-state index in [1.54, 1.807) is 0 Å². The van der Waals surface area contributed by atoms with Gasteiger partial charge in [0.1, 0.15) is 0 Å². The summed E-state index contributed by atoms with van der Waals surface area (Å²) in [7, 11) is 0. The lowest BCUT2D eigenvalue weighted by Crippen LogP contribution is -2.16. The maximum Gasteiger partial charge on any atom is 0.271 e. The van der Waals surface area contributed by atoms with E-state index in [0.717, 1.165) is 11.1 Å². The number of amides is 1. The maximum atomic E-state index is 12.6. The zero-order chi connectivity index (χ0) is 19.2. The fraction of sp³-hybridized carbons (Fsp3) is 0.0952. The average Bonchev–Trinajstić information content (AvgIpc) is 2.69. The van der Waals surface area contributed by atoms with Gasteiger partial charge in [-0.3, -0.25) is 14.9 Å². The molecule has 0 unspecified atom stereocenters. The molecule has 1 N–H and O–H groups in total. The fourth-order valence-electron chi connectivity index (χ4n) is 2.90. The topological polar surface area (TPSA) is 72.2 Å². The number of halogens is 1. The molecule has 136 valence electrons. The van der Waals surface area contributed by atoms with Gasteiger partial charge in [-0.2, -0.15) is 0 Å². The highest BCUT2D eigenvalue weighted by molar-refractivity contribution is 6.33. The van der Waals surface area contributed by atoms with Crippen molar-refractivity contribution in [2.45, 2.75) is 12.3 Å². The Kier molecular flexibility index (Phi) is 5.84. The van der Waals surface area contributed by atoms with Crippen molar-refractivity contribution in [3.05, 3.63) is 105 Å². The third-order valence-corrected chi connectivity index (χ3v) is 4.54. The van der Waals surface area contributed by atoms with Gasteiger partial charge in [0.2, 0.25) is 5.91 Å². The number of carbonyl (C=O) groups excluding carboxylic acids is 1. The first kappa shape index (κ1) is 18.6. The second kappa shape index (κ2) is 8.47. The molecule has 0 bridgehead atoms. The third-order valence-electron chi connectivity index (χ3n) is 4.23. The summed E-state index contributed by atoms with van der Waals surface area (Å²) in [5.41, 5.74) is 2.30. The van der Waals surface area contributed by atoms with Crippen LogP contribution in [-0.4, -0.2) is 10.8 Å². The first-order chi connectivity index (χ1) is 13.0. The van der Waals surface area contributed by atoms with Crippen LogP contribution in [0.5, 0.6) is 0 Å². The standard InChI is InChI=1S/C21H17ClN2O3/c22-19-13-17(24(26)27)11-12-20(19)23-21(25)14-18(15-7-3-1-4-8-15)16-9-5-2-6-10-16/h1-13,18H,14H2,(H,23,25). The van der Waals surface area contributed by atoms with E-state index in [1.807, 2.05) is 60.7 Å². The van der Waals surface area contributed by atoms with Gasteiger partial charge in [0.05, 0.1) is 15.6 Å². The predicted molar refractivity (Wildman–Crippen MR) is 106 cm³/mol. The minimum Gasteiger partial charge on any atom is -0.325 e. The first-order valence-corrected chi connectivity index (χ1v) is 8.76. The van der Waals surface area contributed by atoms with Crippen molar-refractivity contribution < 1.29 is 9.72 Å². The Morgan fingerprint density at radius 3 is 2.00 bits per heavy atom. The second-order valence-electron chi connectivity index (χ2n) is 6.05. The summed E-state index contributed by atoms with van der Waals surface area (Å²) in [6, 6.07) is 23.6. The molecule has 5 nitrogen and oxygen atoms in total. The molecule has 3 aromatic carbocycles. The van der Waals surface area contributed by atoms with Crippen LogP contribution in [0.2, 0.25) is 5.02 Å². The van der Waals surface area contributed by atoms with Crippen LogP contribution in [0, 0.1) is 10.1 Å². The largest absolute Gasteiger partial charge is 0.325 e. The summed E-state index contributed by atoms with van der Waals surface area (Å²) in [6.45, 7) is 0. The molecule has 1 amide bonds. The van der Waals surface area contributed by atoms with Crippen LogP contribution in [0.1, 0.15) is 23.5 Å². The number of non-ortho nitro benzene ring substituents is 1. The summed E-state index contributed by atoms with van der Waals surface area (Å²) in [6.07, 6.45) is 0.224. The van der Waals surface area contributed by atoms with Crippen LogP contribution in [0.25, 0.3) is 0 Å². The van der Waals surface area contributed by atoms with Gasteiger partial charge in [0.25, 0.3) is 5.69 Å². The van der Waals surface area contributed by atoms with Crippen molar-refractivity contribution in [2.75, 3.05) is 5.32 Å². The Hall–Kier alpha value is -3.18. The Bertz CT molecular complexity index is 907. The molecule has 6 heteroatoms. The van der Waals surface area contributed by atoms with E-state index in [-0.39, 0.29) is 29.0 Å². The molecule has 0 aromatic heterocycles. The number of hydrogen-bond donors (Lipinski definition) is 1.